The van der Waals surface area contributed by atoms with Crippen LogP contribution >= 0.6 is 24.0 Å². The van der Waals surface area contributed by atoms with Crippen molar-refractivity contribution in [3.8, 4) is 0 Å². The molecule has 0 saturated carbocycles. The van der Waals surface area contributed by atoms with E-state index >= 15 is 0 Å². The van der Waals surface area contributed by atoms with E-state index in [2.05, 4.69) is 17.0 Å². The van der Waals surface area contributed by atoms with Crippen molar-refractivity contribution in [3.63, 3.8) is 0 Å². The van der Waals surface area contributed by atoms with Crippen molar-refractivity contribution in [1.29, 1.82) is 0 Å². The lowest BCUT2D eigenvalue weighted by molar-refractivity contribution is -0.375. The zero-order valence-corrected chi connectivity index (χ0v) is 7.83. The Bertz CT molecular complexity index is 263. The molecule has 0 aromatic carbocycles. The van der Waals surface area contributed by atoms with Crippen LogP contribution in [0.1, 0.15) is 0 Å². The molecule has 0 bridgehead atoms. The smallest absolute Gasteiger partial charge is 0.327 e. The van der Waals surface area contributed by atoms with E-state index in [0.717, 1.165) is 0 Å². The Hall–Kier alpha value is -0.0200. The van der Waals surface area contributed by atoms with E-state index in [1.165, 1.54) is 0 Å². The summed E-state index contributed by atoms with van der Waals surface area (Å²) in [5.41, 5.74) is 0. The van der Waals surface area contributed by atoms with Crippen molar-refractivity contribution in [2.75, 3.05) is 6.61 Å². The second-order valence-electron chi connectivity index (χ2n) is 2.37. The Balaban J connectivity index is 3.04. The van der Waals surface area contributed by atoms with Crippen LogP contribution in [0.25, 0.3) is 0 Å². The monoisotopic (exact) mass is 256 g/mol. The van der Waals surface area contributed by atoms with Crippen LogP contribution in [0.15, 0.2) is 0 Å². The summed E-state index contributed by atoms with van der Waals surface area (Å²) < 4.78 is 76.8. The molecule has 14 heavy (non-hydrogen) atoms. The summed E-state index contributed by atoms with van der Waals surface area (Å²) >= 11 is 3.56. The molecule has 1 fully saturated rings. The molecule has 9 heteroatoms. The van der Waals surface area contributed by atoms with Crippen LogP contribution < -0.4 is 0 Å². The van der Waals surface area contributed by atoms with Gasteiger partial charge in [0.15, 0.2) is 0 Å². The van der Waals surface area contributed by atoms with Crippen LogP contribution in [0.4, 0.5) is 26.3 Å². The standard InChI is InChI=1S/C5H2F6OS2/c6-3(4(7,8)9)5(10,11)14-2(13)1-12-3/h1H2. The number of ether oxygens (including phenoxy) is 1. The molecule has 0 radical (unpaired) electrons. The Morgan fingerprint density at radius 2 is 1.79 bits per heavy atom. The zero-order valence-electron chi connectivity index (χ0n) is 6.20. The van der Waals surface area contributed by atoms with E-state index in [1.807, 2.05) is 0 Å². The lowest BCUT2D eigenvalue weighted by Gasteiger charge is -2.37. The highest BCUT2D eigenvalue weighted by atomic mass is 32.2. The minimum absolute atomic E-state index is 0.521. The van der Waals surface area contributed by atoms with Gasteiger partial charge < -0.3 is 4.74 Å². The maximum absolute atomic E-state index is 12.9. The Labute approximate surface area is 83.8 Å². The number of rotatable bonds is 0. The summed E-state index contributed by atoms with van der Waals surface area (Å²) in [6.45, 7) is -0.967. The first-order valence-corrected chi connectivity index (χ1v) is 4.32. The Morgan fingerprint density at radius 3 is 2.14 bits per heavy atom. The lowest BCUT2D eigenvalue weighted by Crippen LogP contribution is -2.58. The second kappa shape index (κ2) is 3.24. The highest BCUT2D eigenvalue weighted by Gasteiger charge is 2.75. The molecule has 1 atom stereocenters. The summed E-state index contributed by atoms with van der Waals surface area (Å²) in [7, 11) is 0. The average Bonchev–Trinajstić information content (AvgIpc) is 1.94. The van der Waals surface area contributed by atoms with Gasteiger partial charge in [0.25, 0.3) is 0 Å². The molecule has 0 N–H and O–H groups in total. The normalized spacial score (nSPS) is 33.1. The van der Waals surface area contributed by atoms with Gasteiger partial charge in [-0.25, -0.2) is 0 Å². The van der Waals surface area contributed by atoms with Crippen LogP contribution in [0.5, 0.6) is 0 Å². The van der Waals surface area contributed by atoms with Gasteiger partial charge in [-0.2, -0.15) is 26.3 Å². The van der Waals surface area contributed by atoms with Crippen molar-refractivity contribution in [3.05, 3.63) is 0 Å². The van der Waals surface area contributed by atoms with Crippen molar-refractivity contribution in [1.82, 2.24) is 0 Å². The first-order valence-electron chi connectivity index (χ1n) is 3.09. The number of hydrogen-bond donors (Lipinski definition) is 0. The summed E-state index contributed by atoms with van der Waals surface area (Å²) in [5, 5.41) is -4.75. The van der Waals surface area contributed by atoms with Gasteiger partial charge in [0.1, 0.15) is 0 Å². The van der Waals surface area contributed by atoms with E-state index < -0.39 is 39.9 Å². The number of alkyl halides is 6. The largest absolute Gasteiger partial charge is 0.456 e. The topological polar surface area (TPSA) is 9.23 Å². The fraction of sp³-hybridized carbons (Fsp3) is 0.800. The first-order chi connectivity index (χ1) is 6.10. The van der Waals surface area contributed by atoms with Gasteiger partial charge in [-0.1, -0.05) is 12.2 Å². The molecule has 1 saturated heterocycles. The molecule has 0 aliphatic carbocycles. The predicted octanol–water partition coefficient (Wildman–Crippen LogP) is 2.90. The average molecular weight is 256 g/mol. The predicted molar refractivity (Wildman–Crippen MR) is 41.0 cm³/mol. The minimum atomic E-state index is -5.79. The third-order valence-corrected chi connectivity index (χ3v) is 2.60. The van der Waals surface area contributed by atoms with E-state index in [1.54, 1.807) is 0 Å². The van der Waals surface area contributed by atoms with Gasteiger partial charge in [-0.15, -0.1) is 0 Å². The molecule has 0 aromatic heterocycles. The number of halogens is 6. The molecule has 1 aliphatic rings. The van der Waals surface area contributed by atoms with Gasteiger partial charge in [0.05, 0.1) is 10.8 Å². The molecule has 1 nitrogen and oxygen atoms in total. The summed E-state index contributed by atoms with van der Waals surface area (Å²) in [6, 6.07) is 0. The molecule has 82 valence electrons. The van der Waals surface area contributed by atoms with E-state index in [4.69, 9.17) is 0 Å². The summed E-state index contributed by atoms with van der Waals surface area (Å²) in [6.07, 6.45) is -5.79. The van der Waals surface area contributed by atoms with Gasteiger partial charge in [0, 0.05) is 0 Å². The fourth-order valence-corrected chi connectivity index (χ4v) is 1.81. The van der Waals surface area contributed by atoms with Crippen molar-refractivity contribution in [2.45, 2.75) is 17.3 Å². The lowest BCUT2D eigenvalue weighted by atomic mass is 10.3. The molecule has 1 unspecified atom stereocenters. The number of thiocarbonyl (C=S) groups is 1. The third kappa shape index (κ3) is 1.72. The minimum Gasteiger partial charge on any atom is -0.327 e. The van der Waals surface area contributed by atoms with E-state index in [-0.39, 0.29) is 0 Å². The van der Waals surface area contributed by atoms with Crippen LogP contribution in [0, 0.1) is 0 Å². The molecule has 0 spiro atoms. The van der Waals surface area contributed by atoms with E-state index in [9.17, 15) is 26.3 Å². The second-order valence-corrected chi connectivity index (χ2v) is 4.33. The van der Waals surface area contributed by atoms with Gasteiger partial charge >= 0.3 is 17.3 Å². The fourth-order valence-electron chi connectivity index (χ4n) is 0.727. The first kappa shape index (κ1) is 12.1. The molecular weight excluding hydrogens is 254 g/mol. The van der Waals surface area contributed by atoms with Crippen molar-refractivity contribution in [2.24, 2.45) is 0 Å². The van der Waals surface area contributed by atoms with Gasteiger partial charge in [0.2, 0.25) is 0 Å². The molecule has 0 aromatic rings. The zero-order chi connectivity index (χ0) is 11.2. The molecular formula is C5H2F6OS2. The van der Waals surface area contributed by atoms with E-state index in [0.29, 0.717) is 0 Å². The molecule has 0 amide bonds. The number of hydrogen-bond acceptors (Lipinski definition) is 3. The SMILES string of the molecule is FC(F)(F)C1(F)OCC(=S)SC1(F)F. The van der Waals surface area contributed by atoms with Crippen LogP contribution in [0.3, 0.4) is 0 Å². The molecule has 1 aliphatic heterocycles. The van der Waals surface area contributed by atoms with Gasteiger partial charge in [-0.05, 0) is 11.8 Å². The summed E-state index contributed by atoms with van der Waals surface area (Å²) in [5.74, 6) is -4.97. The third-order valence-electron chi connectivity index (χ3n) is 1.37. The van der Waals surface area contributed by atoms with Crippen LogP contribution in [-0.4, -0.2) is 28.1 Å². The summed E-state index contributed by atoms with van der Waals surface area (Å²) in [4.78, 5) is 0. The molecule has 1 heterocycles. The van der Waals surface area contributed by atoms with Crippen LogP contribution in [-0.2, 0) is 4.74 Å². The maximum Gasteiger partial charge on any atom is 0.456 e. The van der Waals surface area contributed by atoms with Crippen molar-refractivity contribution >= 4 is 28.2 Å². The van der Waals surface area contributed by atoms with Crippen LogP contribution in [0.2, 0.25) is 0 Å². The maximum atomic E-state index is 12.9. The number of thioether (sulfide) groups is 1. The quantitative estimate of drug-likeness (QED) is 0.487. The Kier molecular flexibility index (Phi) is 2.79. The van der Waals surface area contributed by atoms with Crippen molar-refractivity contribution < 1.29 is 31.1 Å². The Morgan fingerprint density at radius 1 is 1.29 bits per heavy atom. The highest BCUT2D eigenvalue weighted by Crippen LogP contribution is 2.54. The molecule has 1 rings (SSSR count). The highest BCUT2D eigenvalue weighted by molar-refractivity contribution is 8.23. The van der Waals surface area contributed by atoms with Gasteiger partial charge in [-0.3, -0.25) is 0 Å².